The Morgan fingerprint density at radius 2 is 2.04 bits per heavy atom. The molecule has 4 rings (SSSR count). The molecule has 0 bridgehead atoms. The van der Waals surface area contributed by atoms with Gasteiger partial charge in [0.05, 0.1) is 11.0 Å². The predicted octanol–water partition coefficient (Wildman–Crippen LogP) is 5.21. The number of hydrogen-bond donors (Lipinski definition) is 0. The Balaban J connectivity index is 1.60. The summed E-state index contributed by atoms with van der Waals surface area (Å²) in [6.45, 7) is 2.08. The number of carbonyl (C=O) groups is 1. The average Bonchev–Trinajstić information content (AvgIpc) is 3.28. The van der Waals surface area contributed by atoms with Crippen LogP contribution in [-0.2, 0) is 6.42 Å². The van der Waals surface area contributed by atoms with E-state index in [0.29, 0.717) is 6.42 Å². The minimum Gasteiger partial charge on any atom is -0.299 e. The minimum atomic E-state index is 0.167. The Kier molecular flexibility index (Phi) is 4.20. The van der Waals surface area contributed by atoms with E-state index in [1.165, 1.54) is 10.4 Å². The monoisotopic (exact) mass is 346 g/mol. The van der Waals surface area contributed by atoms with Crippen molar-refractivity contribution in [3.8, 4) is 5.69 Å². The van der Waals surface area contributed by atoms with Crippen LogP contribution in [0.2, 0.25) is 0 Å². The Labute approximate surface area is 150 Å². The fourth-order valence-electron chi connectivity index (χ4n) is 3.01. The normalized spacial score (nSPS) is 11.1. The van der Waals surface area contributed by atoms with Crippen molar-refractivity contribution in [3.05, 3.63) is 82.3 Å². The smallest absolute Gasteiger partial charge is 0.163 e. The van der Waals surface area contributed by atoms with Gasteiger partial charge in [-0.15, -0.1) is 11.3 Å². The molecule has 2 aromatic carbocycles. The van der Waals surface area contributed by atoms with E-state index in [0.717, 1.165) is 28.7 Å². The molecule has 25 heavy (non-hydrogen) atoms. The highest BCUT2D eigenvalue weighted by atomic mass is 32.1. The van der Waals surface area contributed by atoms with Crippen LogP contribution in [0.15, 0.2) is 66.3 Å². The van der Waals surface area contributed by atoms with Crippen molar-refractivity contribution < 1.29 is 4.79 Å². The van der Waals surface area contributed by atoms with E-state index >= 15 is 0 Å². The average molecular weight is 346 g/mol. The molecule has 0 saturated carbocycles. The summed E-state index contributed by atoms with van der Waals surface area (Å²) in [6, 6.07) is 18.2. The van der Waals surface area contributed by atoms with Gasteiger partial charge in [0.2, 0.25) is 0 Å². The second-order valence-electron chi connectivity index (χ2n) is 6.16. The van der Waals surface area contributed by atoms with Gasteiger partial charge in [0.25, 0.3) is 0 Å². The van der Waals surface area contributed by atoms with Crippen LogP contribution in [0.1, 0.15) is 27.2 Å². The fourth-order valence-corrected chi connectivity index (χ4v) is 3.71. The van der Waals surface area contributed by atoms with Gasteiger partial charge in [-0.25, -0.2) is 4.98 Å². The molecule has 0 aliphatic rings. The summed E-state index contributed by atoms with van der Waals surface area (Å²) in [6.07, 6.45) is 3.15. The quantitative estimate of drug-likeness (QED) is 0.465. The largest absolute Gasteiger partial charge is 0.299 e. The van der Waals surface area contributed by atoms with Crippen molar-refractivity contribution in [2.24, 2.45) is 0 Å². The van der Waals surface area contributed by atoms with Gasteiger partial charge in [-0.1, -0.05) is 18.2 Å². The first-order chi connectivity index (χ1) is 12.2. The molecule has 2 heterocycles. The topological polar surface area (TPSA) is 34.9 Å². The van der Waals surface area contributed by atoms with Gasteiger partial charge in [-0.3, -0.25) is 9.36 Å². The maximum Gasteiger partial charge on any atom is 0.163 e. The summed E-state index contributed by atoms with van der Waals surface area (Å²) in [4.78, 5) is 18.2. The van der Waals surface area contributed by atoms with E-state index in [4.69, 9.17) is 0 Å². The molecular weight excluding hydrogens is 328 g/mol. The van der Waals surface area contributed by atoms with Crippen LogP contribution < -0.4 is 0 Å². The summed E-state index contributed by atoms with van der Waals surface area (Å²) in [7, 11) is 0. The number of aryl methyl sites for hydroxylation is 2. The van der Waals surface area contributed by atoms with Crippen molar-refractivity contribution in [1.82, 2.24) is 9.55 Å². The second-order valence-corrected chi connectivity index (χ2v) is 7.19. The highest BCUT2D eigenvalue weighted by Gasteiger charge is 2.11. The molecule has 4 heteroatoms. The molecule has 0 spiro atoms. The number of imidazole rings is 1. The van der Waals surface area contributed by atoms with E-state index in [-0.39, 0.29) is 5.78 Å². The van der Waals surface area contributed by atoms with Crippen LogP contribution in [0.5, 0.6) is 0 Å². The zero-order valence-electron chi connectivity index (χ0n) is 14.0. The molecule has 3 nitrogen and oxygen atoms in total. The number of fused-ring (bicyclic) bond motifs is 1. The van der Waals surface area contributed by atoms with E-state index in [2.05, 4.69) is 40.7 Å². The number of Topliss-reactive ketones (excluding diaryl/α,β-unsaturated/α-hetero) is 1. The molecule has 124 valence electrons. The van der Waals surface area contributed by atoms with Gasteiger partial charge in [0.1, 0.15) is 6.33 Å². The molecular formula is C21H18N2OS. The van der Waals surface area contributed by atoms with Gasteiger partial charge in [0.15, 0.2) is 5.78 Å². The highest BCUT2D eigenvalue weighted by Crippen LogP contribution is 2.21. The van der Waals surface area contributed by atoms with Crippen LogP contribution in [0, 0.1) is 6.92 Å². The third-order valence-corrected chi connectivity index (χ3v) is 5.26. The zero-order valence-corrected chi connectivity index (χ0v) is 14.8. The molecule has 0 amide bonds. The SMILES string of the molecule is Cc1cccc(-n2cnc3cc(C(=O)CCc4cccs4)ccc32)c1. The molecule has 2 aromatic heterocycles. The second kappa shape index (κ2) is 6.65. The maximum absolute atomic E-state index is 12.5. The lowest BCUT2D eigenvalue weighted by molar-refractivity contribution is 0.0983. The number of nitrogens with zero attached hydrogens (tertiary/aromatic N) is 2. The van der Waals surface area contributed by atoms with E-state index in [1.807, 2.05) is 42.0 Å². The summed E-state index contributed by atoms with van der Waals surface area (Å²) < 4.78 is 2.06. The number of hydrogen-bond acceptors (Lipinski definition) is 3. The summed E-state index contributed by atoms with van der Waals surface area (Å²) >= 11 is 1.70. The Morgan fingerprint density at radius 1 is 1.12 bits per heavy atom. The highest BCUT2D eigenvalue weighted by molar-refractivity contribution is 7.09. The van der Waals surface area contributed by atoms with Crippen LogP contribution in [0.4, 0.5) is 0 Å². The third kappa shape index (κ3) is 3.26. The van der Waals surface area contributed by atoms with Gasteiger partial charge < -0.3 is 0 Å². The first-order valence-electron chi connectivity index (χ1n) is 8.30. The van der Waals surface area contributed by atoms with Crippen LogP contribution in [0.3, 0.4) is 0 Å². The number of carbonyl (C=O) groups excluding carboxylic acids is 1. The number of ketones is 1. The van der Waals surface area contributed by atoms with Gasteiger partial charge >= 0.3 is 0 Å². The summed E-state index contributed by atoms with van der Waals surface area (Å²) in [5.74, 6) is 0.167. The Morgan fingerprint density at radius 3 is 2.84 bits per heavy atom. The first kappa shape index (κ1) is 15.8. The van der Waals surface area contributed by atoms with Crippen molar-refractivity contribution in [2.45, 2.75) is 19.8 Å². The minimum absolute atomic E-state index is 0.167. The number of thiophene rings is 1. The third-order valence-electron chi connectivity index (χ3n) is 4.33. The van der Waals surface area contributed by atoms with E-state index in [1.54, 1.807) is 11.3 Å². The Bertz CT molecular complexity index is 1030. The van der Waals surface area contributed by atoms with Crippen LogP contribution in [-0.4, -0.2) is 15.3 Å². The molecule has 0 N–H and O–H groups in total. The molecule has 0 atom stereocenters. The van der Waals surface area contributed by atoms with Crippen molar-refractivity contribution in [3.63, 3.8) is 0 Å². The summed E-state index contributed by atoms with van der Waals surface area (Å²) in [5.41, 5.74) is 4.89. The van der Waals surface area contributed by atoms with Crippen LogP contribution in [0.25, 0.3) is 16.7 Å². The van der Waals surface area contributed by atoms with Gasteiger partial charge in [-0.05, 0) is 60.7 Å². The van der Waals surface area contributed by atoms with E-state index in [9.17, 15) is 4.79 Å². The molecule has 4 aromatic rings. The van der Waals surface area contributed by atoms with Crippen molar-refractivity contribution in [2.75, 3.05) is 0 Å². The number of benzene rings is 2. The number of aromatic nitrogens is 2. The van der Waals surface area contributed by atoms with E-state index < -0.39 is 0 Å². The molecule has 0 saturated heterocycles. The molecule has 0 aliphatic carbocycles. The molecule has 0 unspecified atom stereocenters. The lowest BCUT2D eigenvalue weighted by Gasteiger charge is -2.06. The standard InChI is InChI=1S/C21H18N2OS/c1-15-4-2-5-17(12-15)23-14-22-19-13-16(7-9-20(19)23)21(24)10-8-18-6-3-11-25-18/h2-7,9,11-14H,8,10H2,1H3. The summed E-state index contributed by atoms with van der Waals surface area (Å²) in [5, 5.41) is 2.05. The molecule has 0 fully saturated rings. The lowest BCUT2D eigenvalue weighted by Crippen LogP contribution is -2.00. The van der Waals surface area contributed by atoms with Gasteiger partial charge in [0, 0.05) is 22.5 Å². The fraction of sp³-hybridized carbons (Fsp3) is 0.143. The molecule has 0 radical (unpaired) electrons. The zero-order chi connectivity index (χ0) is 17.2. The van der Waals surface area contributed by atoms with Gasteiger partial charge in [-0.2, -0.15) is 0 Å². The lowest BCUT2D eigenvalue weighted by atomic mass is 10.1. The predicted molar refractivity (Wildman–Crippen MR) is 103 cm³/mol. The maximum atomic E-state index is 12.5. The Hall–Kier alpha value is -2.72. The number of rotatable bonds is 5. The van der Waals surface area contributed by atoms with Crippen molar-refractivity contribution in [1.29, 1.82) is 0 Å². The van der Waals surface area contributed by atoms with Crippen molar-refractivity contribution >= 4 is 28.2 Å². The molecule has 0 aliphatic heterocycles. The van der Waals surface area contributed by atoms with Crippen LogP contribution >= 0.6 is 11.3 Å². The first-order valence-corrected chi connectivity index (χ1v) is 9.18.